The zero-order chi connectivity index (χ0) is 19.6. The number of piperazine rings is 1. The smallest absolute Gasteiger partial charge is 0.276 e. The lowest BCUT2D eigenvalue weighted by molar-refractivity contribution is 0.0831. The highest BCUT2D eigenvalue weighted by Crippen LogP contribution is 2.24. The Hall–Kier alpha value is -2.59. The van der Waals surface area contributed by atoms with Crippen molar-refractivity contribution in [2.75, 3.05) is 57.5 Å². The number of likely N-dealkylation sites (N-methyl/N-ethyl adjacent to an activating group) is 1. The fourth-order valence-electron chi connectivity index (χ4n) is 2.69. The molecular formula is C17H23N7O2S. The summed E-state index contributed by atoms with van der Waals surface area (Å²) in [6.45, 7) is 5.37. The Morgan fingerprint density at radius 2 is 1.89 bits per heavy atom. The minimum Gasteiger partial charge on any atom is -0.354 e. The van der Waals surface area contributed by atoms with Crippen LogP contribution in [0.2, 0.25) is 0 Å². The minimum atomic E-state index is -0.370. The van der Waals surface area contributed by atoms with Gasteiger partial charge < -0.3 is 14.7 Å². The second kappa shape index (κ2) is 7.97. The quantitative estimate of drug-likeness (QED) is 0.832. The molecule has 1 N–H and O–H groups in total. The Labute approximate surface area is 162 Å². The van der Waals surface area contributed by atoms with Gasteiger partial charge in [-0.1, -0.05) is 11.3 Å². The Morgan fingerprint density at radius 1 is 1.19 bits per heavy atom. The average Bonchev–Trinajstić information content (AvgIpc) is 3.01. The van der Waals surface area contributed by atoms with Crippen LogP contribution in [-0.4, -0.2) is 83.9 Å². The Morgan fingerprint density at radius 3 is 2.56 bits per heavy atom. The lowest BCUT2D eigenvalue weighted by atomic mass is 10.3. The summed E-state index contributed by atoms with van der Waals surface area (Å²) in [5.74, 6) is 0.234. The van der Waals surface area contributed by atoms with Crippen molar-refractivity contribution in [3.8, 4) is 0 Å². The second-order valence-corrected chi connectivity index (χ2v) is 7.64. The Kier molecular flexibility index (Phi) is 5.66. The van der Waals surface area contributed by atoms with Gasteiger partial charge in [0, 0.05) is 46.3 Å². The molecule has 2 aromatic heterocycles. The highest BCUT2D eigenvalue weighted by atomic mass is 32.1. The summed E-state index contributed by atoms with van der Waals surface area (Å²) in [7, 11) is 5.45. The van der Waals surface area contributed by atoms with E-state index in [0.717, 1.165) is 43.3 Å². The van der Waals surface area contributed by atoms with Crippen LogP contribution in [0, 0.1) is 6.92 Å². The molecule has 0 radical (unpaired) electrons. The van der Waals surface area contributed by atoms with Gasteiger partial charge in [-0.3, -0.25) is 14.9 Å². The van der Waals surface area contributed by atoms with Gasteiger partial charge in [-0.05, 0) is 14.0 Å². The van der Waals surface area contributed by atoms with Gasteiger partial charge in [0.1, 0.15) is 22.7 Å². The molecule has 0 saturated carbocycles. The summed E-state index contributed by atoms with van der Waals surface area (Å²) in [5, 5.41) is 3.11. The topological polar surface area (TPSA) is 94.6 Å². The summed E-state index contributed by atoms with van der Waals surface area (Å²) in [6.07, 6.45) is 1.40. The van der Waals surface area contributed by atoms with Crippen LogP contribution < -0.4 is 10.2 Å². The van der Waals surface area contributed by atoms with Crippen LogP contribution in [-0.2, 0) is 0 Å². The molecule has 3 rings (SSSR count). The van der Waals surface area contributed by atoms with Gasteiger partial charge in [0.2, 0.25) is 0 Å². The van der Waals surface area contributed by atoms with Gasteiger partial charge in [-0.15, -0.1) is 0 Å². The van der Waals surface area contributed by atoms with Gasteiger partial charge in [0.25, 0.3) is 11.8 Å². The molecular weight excluding hydrogens is 366 g/mol. The second-order valence-electron chi connectivity index (χ2n) is 6.64. The molecule has 144 valence electrons. The highest BCUT2D eigenvalue weighted by Gasteiger charge is 2.20. The number of carbonyl (C=O) groups is 2. The maximum absolute atomic E-state index is 12.6. The van der Waals surface area contributed by atoms with Crippen LogP contribution >= 0.6 is 11.3 Å². The summed E-state index contributed by atoms with van der Waals surface area (Å²) < 4.78 is 0. The van der Waals surface area contributed by atoms with Crippen molar-refractivity contribution in [3.05, 3.63) is 28.7 Å². The molecule has 0 atom stereocenters. The van der Waals surface area contributed by atoms with Gasteiger partial charge in [-0.25, -0.2) is 15.0 Å². The maximum atomic E-state index is 12.6. The number of carbonyl (C=O) groups excluding carboxylic acids is 2. The zero-order valence-electron chi connectivity index (χ0n) is 15.9. The van der Waals surface area contributed by atoms with Crippen LogP contribution in [0.3, 0.4) is 0 Å². The van der Waals surface area contributed by atoms with E-state index >= 15 is 0 Å². The summed E-state index contributed by atoms with van der Waals surface area (Å²) in [6, 6.07) is 1.69. The van der Waals surface area contributed by atoms with Crippen molar-refractivity contribution >= 4 is 34.1 Å². The van der Waals surface area contributed by atoms with E-state index in [-0.39, 0.29) is 17.5 Å². The highest BCUT2D eigenvalue weighted by molar-refractivity contribution is 7.17. The van der Waals surface area contributed by atoms with E-state index in [9.17, 15) is 9.59 Å². The van der Waals surface area contributed by atoms with E-state index < -0.39 is 0 Å². The molecule has 10 heteroatoms. The molecule has 0 aromatic carbocycles. The first kappa shape index (κ1) is 19.2. The maximum Gasteiger partial charge on any atom is 0.276 e. The molecule has 1 aliphatic rings. The summed E-state index contributed by atoms with van der Waals surface area (Å²) in [5.41, 5.74) is 0.863. The van der Waals surface area contributed by atoms with Crippen molar-refractivity contribution in [2.45, 2.75) is 6.92 Å². The van der Waals surface area contributed by atoms with Crippen LogP contribution in [0.15, 0.2) is 12.4 Å². The number of rotatable bonds is 4. The van der Waals surface area contributed by atoms with Gasteiger partial charge in [-0.2, -0.15) is 0 Å². The average molecular weight is 389 g/mol. The van der Waals surface area contributed by atoms with Gasteiger partial charge >= 0.3 is 0 Å². The van der Waals surface area contributed by atoms with Crippen LogP contribution in [0.1, 0.15) is 25.9 Å². The Bertz CT molecular complexity index is 844. The molecule has 0 spiro atoms. The van der Waals surface area contributed by atoms with E-state index in [4.69, 9.17) is 0 Å². The van der Waals surface area contributed by atoms with Crippen LogP contribution in [0.25, 0.3) is 0 Å². The predicted molar refractivity (Wildman–Crippen MR) is 105 cm³/mol. The van der Waals surface area contributed by atoms with Crippen molar-refractivity contribution < 1.29 is 9.59 Å². The van der Waals surface area contributed by atoms with Crippen molar-refractivity contribution in [3.63, 3.8) is 0 Å². The molecule has 1 saturated heterocycles. The molecule has 2 amide bonds. The van der Waals surface area contributed by atoms with Gasteiger partial charge in [0.15, 0.2) is 5.13 Å². The third kappa shape index (κ3) is 4.40. The van der Waals surface area contributed by atoms with E-state index in [0.29, 0.717) is 15.7 Å². The number of nitrogens with zero attached hydrogens (tertiary/aromatic N) is 6. The minimum absolute atomic E-state index is 0.134. The molecule has 27 heavy (non-hydrogen) atoms. The normalized spacial score (nSPS) is 14.9. The Balaban J connectivity index is 1.72. The van der Waals surface area contributed by atoms with Crippen LogP contribution in [0.4, 0.5) is 10.9 Å². The van der Waals surface area contributed by atoms with Gasteiger partial charge in [0.05, 0.1) is 5.69 Å². The number of aryl methyl sites for hydroxylation is 1. The fraction of sp³-hybridized carbons (Fsp3) is 0.471. The third-order valence-electron chi connectivity index (χ3n) is 4.33. The van der Waals surface area contributed by atoms with E-state index in [1.807, 2.05) is 0 Å². The largest absolute Gasteiger partial charge is 0.354 e. The first-order chi connectivity index (χ1) is 12.8. The third-order valence-corrected chi connectivity index (χ3v) is 5.39. The lowest BCUT2D eigenvalue weighted by Gasteiger charge is -2.33. The molecule has 0 aliphatic carbocycles. The summed E-state index contributed by atoms with van der Waals surface area (Å²) in [4.78, 5) is 43.7. The number of hydrogen-bond donors (Lipinski definition) is 1. The molecule has 0 unspecified atom stereocenters. The number of anilines is 2. The van der Waals surface area contributed by atoms with Crippen molar-refractivity contribution in [1.29, 1.82) is 0 Å². The first-order valence-corrected chi connectivity index (χ1v) is 9.42. The van der Waals surface area contributed by atoms with Crippen molar-refractivity contribution in [1.82, 2.24) is 24.8 Å². The summed E-state index contributed by atoms with van der Waals surface area (Å²) >= 11 is 1.16. The monoisotopic (exact) mass is 389 g/mol. The number of nitrogens with one attached hydrogen (secondary N) is 1. The molecule has 9 nitrogen and oxygen atoms in total. The standard InChI is InChI=1S/C17H23N7O2S/c1-11-14(16(26)22(2)3)27-17(20-11)21-15(25)12-9-13(19-10-18-12)24-7-5-23(4)6-8-24/h9-10H,5-8H2,1-4H3,(H,20,21,25). The fourth-order valence-corrected chi connectivity index (χ4v) is 3.68. The number of thiazole rings is 1. The number of hydrogen-bond acceptors (Lipinski definition) is 8. The molecule has 1 fully saturated rings. The molecule has 0 bridgehead atoms. The zero-order valence-corrected chi connectivity index (χ0v) is 16.7. The van der Waals surface area contributed by atoms with Crippen molar-refractivity contribution in [2.24, 2.45) is 0 Å². The molecule has 2 aromatic rings. The first-order valence-electron chi connectivity index (χ1n) is 8.61. The van der Waals surface area contributed by atoms with E-state index in [2.05, 4.69) is 37.1 Å². The SMILES string of the molecule is Cc1nc(NC(=O)c2cc(N3CCN(C)CC3)ncn2)sc1C(=O)N(C)C. The van der Waals surface area contributed by atoms with Crippen LogP contribution in [0.5, 0.6) is 0 Å². The van der Waals surface area contributed by atoms with E-state index in [1.54, 1.807) is 27.1 Å². The number of aromatic nitrogens is 3. The van der Waals surface area contributed by atoms with E-state index in [1.165, 1.54) is 11.2 Å². The lowest BCUT2D eigenvalue weighted by Crippen LogP contribution is -2.44. The number of amides is 2. The molecule has 3 heterocycles. The molecule has 1 aliphatic heterocycles. The predicted octanol–water partition coefficient (Wildman–Crippen LogP) is 0.947.